The number of rotatable bonds is 10. The van der Waals surface area contributed by atoms with Gasteiger partial charge in [-0.25, -0.2) is 0 Å². The minimum Gasteiger partial charge on any atom is -0.520 e. The average Bonchev–Trinajstić information content (AvgIpc) is 2.55. The summed E-state index contributed by atoms with van der Waals surface area (Å²) < 4.78 is 35.2. The molecule has 0 radical (unpaired) electrons. The van der Waals surface area contributed by atoms with Gasteiger partial charge in [0, 0.05) is 25.4 Å². The van der Waals surface area contributed by atoms with Crippen LogP contribution in [-0.2, 0) is 24.3 Å². The molecule has 0 N–H and O–H groups in total. The zero-order chi connectivity index (χ0) is 18.3. The minimum absolute atomic E-state index is 0.479. The van der Waals surface area contributed by atoms with Crippen LogP contribution in [-0.4, -0.2) is 43.8 Å². The summed E-state index contributed by atoms with van der Waals surface area (Å²) in [5, 5.41) is 0. The highest BCUT2D eigenvalue weighted by Crippen LogP contribution is 2.32. The molecule has 1 aromatic rings. The molecule has 6 nitrogen and oxygen atoms in total. The van der Waals surface area contributed by atoms with Crippen LogP contribution in [0.3, 0.4) is 0 Å². The van der Waals surface area contributed by atoms with Crippen LogP contribution in [0, 0.1) is 0 Å². The summed E-state index contributed by atoms with van der Waals surface area (Å²) in [7, 11) is -4.69. The van der Waals surface area contributed by atoms with Crippen molar-refractivity contribution < 1.29 is 26.9 Å². The molecule has 142 valence electrons. The van der Waals surface area contributed by atoms with Crippen molar-refractivity contribution in [1.29, 1.82) is 0 Å². The Bertz CT molecular complexity index is 535. The largest absolute Gasteiger partial charge is 0.520 e. The number of ether oxygens (including phenoxy) is 1. The van der Waals surface area contributed by atoms with Gasteiger partial charge >= 0.3 is 17.4 Å². The lowest BCUT2D eigenvalue weighted by molar-refractivity contribution is 0.0675. The van der Waals surface area contributed by atoms with Crippen molar-refractivity contribution in [2.45, 2.75) is 46.5 Å². The lowest BCUT2D eigenvalue weighted by Gasteiger charge is -2.31. The SMILES string of the molecule is CCO[Si](CCOc1ccc2c(c1)CO[Si](C)(C)O2)(OCC)OCC. The maximum Gasteiger partial charge on any atom is 0.504 e. The molecule has 0 unspecified atom stereocenters. The van der Waals surface area contributed by atoms with E-state index >= 15 is 0 Å². The van der Waals surface area contributed by atoms with Gasteiger partial charge in [-0.2, -0.15) is 0 Å². The maximum absolute atomic E-state index is 5.94. The molecule has 0 aliphatic carbocycles. The van der Waals surface area contributed by atoms with Crippen molar-refractivity contribution in [3.63, 3.8) is 0 Å². The predicted molar refractivity (Wildman–Crippen MR) is 100 cm³/mol. The van der Waals surface area contributed by atoms with Crippen molar-refractivity contribution in [2.24, 2.45) is 0 Å². The monoisotopic (exact) mass is 386 g/mol. The number of hydrogen-bond donors (Lipinski definition) is 0. The Kier molecular flexibility index (Phi) is 7.47. The summed E-state index contributed by atoms with van der Waals surface area (Å²) in [5.74, 6) is 1.69. The molecule has 0 aromatic heterocycles. The van der Waals surface area contributed by atoms with E-state index < -0.39 is 17.4 Å². The minimum atomic E-state index is -2.67. The van der Waals surface area contributed by atoms with Crippen LogP contribution in [0.5, 0.6) is 11.5 Å². The molecule has 0 saturated carbocycles. The van der Waals surface area contributed by atoms with Crippen molar-refractivity contribution in [2.75, 3.05) is 26.4 Å². The molecule has 25 heavy (non-hydrogen) atoms. The Morgan fingerprint density at radius 1 is 1.04 bits per heavy atom. The zero-order valence-corrected chi connectivity index (χ0v) is 17.9. The van der Waals surface area contributed by atoms with Gasteiger partial charge in [0.2, 0.25) is 0 Å². The molecule has 0 amide bonds. The summed E-state index contributed by atoms with van der Waals surface area (Å²) in [5.41, 5.74) is 1.02. The zero-order valence-electron chi connectivity index (χ0n) is 15.9. The Morgan fingerprint density at radius 3 is 2.28 bits per heavy atom. The first-order chi connectivity index (χ1) is 11.9. The van der Waals surface area contributed by atoms with Crippen LogP contribution in [0.4, 0.5) is 0 Å². The van der Waals surface area contributed by atoms with Gasteiger partial charge in [0.15, 0.2) is 0 Å². The second kappa shape index (κ2) is 9.15. The Labute approximate surface area is 152 Å². The van der Waals surface area contributed by atoms with Crippen molar-refractivity contribution in [3.05, 3.63) is 23.8 Å². The highest BCUT2D eigenvalue weighted by molar-refractivity contribution is 6.65. The molecule has 2 rings (SSSR count). The number of hydrogen-bond acceptors (Lipinski definition) is 6. The Hall–Kier alpha value is -0.906. The molecule has 8 heteroatoms. The number of benzene rings is 1. The first-order valence-electron chi connectivity index (χ1n) is 8.94. The van der Waals surface area contributed by atoms with E-state index in [0.29, 0.717) is 39.1 Å². The molecule has 1 aromatic carbocycles. The fraction of sp³-hybridized carbons (Fsp3) is 0.647. The van der Waals surface area contributed by atoms with Crippen LogP contribution in [0.15, 0.2) is 18.2 Å². The van der Waals surface area contributed by atoms with Gasteiger partial charge in [-0.3, -0.25) is 0 Å². The van der Waals surface area contributed by atoms with Crippen LogP contribution >= 0.6 is 0 Å². The van der Waals surface area contributed by atoms with Gasteiger partial charge in [0.25, 0.3) is 0 Å². The van der Waals surface area contributed by atoms with Gasteiger partial charge in [-0.1, -0.05) is 0 Å². The fourth-order valence-corrected chi connectivity index (χ4v) is 6.34. The third kappa shape index (κ3) is 5.80. The summed E-state index contributed by atoms with van der Waals surface area (Å²) in [4.78, 5) is 0. The Morgan fingerprint density at radius 2 is 1.68 bits per heavy atom. The second-order valence-electron chi connectivity index (χ2n) is 6.14. The van der Waals surface area contributed by atoms with E-state index in [1.165, 1.54) is 0 Å². The molecular weight excluding hydrogens is 356 g/mol. The smallest absolute Gasteiger partial charge is 0.504 e. The van der Waals surface area contributed by atoms with E-state index in [-0.39, 0.29) is 0 Å². The second-order valence-corrected chi connectivity index (χ2v) is 12.2. The first kappa shape index (κ1) is 20.4. The molecule has 0 saturated heterocycles. The normalized spacial score (nSPS) is 16.2. The predicted octanol–water partition coefficient (Wildman–Crippen LogP) is 3.72. The molecular formula is C17H30O6Si2. The van der Waals surface area contributed by atoms with Gasteiger partial charge in [-0.05, 0) is 52.1 Å². The van der Waals surface area contributed by atoms with Crippen molar-refractivity contribution >= 4 is 17.4 Å². The van der Waals surface area contributed by atoms with Gasteiger partial charge in [0.1, 0.15) is 11.5 Å². The van der Waals surface area contributed by atoms with E-state index in [4.69, 9.17) is 26.9 Å². The standard InChI is InChI=1S/C17H30O6Si2/c1-6-19-25(20-7-2,21-8-3)12-11-18-16-9-10-17-15(13-16)14-22-24(4,5)23-17/h9-10,13H,6-8,11-12,14H2,1-5H3. The third-order valence-corrected chi connectivity index (χ3v) is 8.29. The van der Waals surface area contributed by atoms with Gasteiger partial charge in [-0.15, -0.1) is 0 Å². The average molecular weight is 387 g/mol. The van der Waals surface area contributed by atoms with E-state index in [1.54, 1.807) is 0 Å². The lowest BCUT2D eigenvalue weighted by atomic mass is 10.2. The van der Waals surface area contributed by atoms with Crippen LogP contribution in [0.2, 0.25) is 19.1 Å². The van der Waals surface area contributed by atoms with Crippen LogP contribution in [0.25, 0.3) is 0 Å². The van der Waals surface area contributed by atoms with Crippen LogP contribution in [0.1, 0.15) is 26.3 Å². The maximum atomic E-state index is 5.94. The molecule has 0 fully saturated rings. The topological polar surface area (TPSA) is 55.4 Å². The van der Waals surface area contributed by atoms with Gasteiger partial charge in [0.05, 0.1) is 19.3 Å². The summed E-state index contributed by atoms with van der Waals surface area (Å²) >= 11 is 0. The van der Waals surface area contributed by atoms with Crippen LogP contribution < -0.4 is 9.16 Å². The quantitative estimate of drug-likeness (QED) is 0.571. The molecule has 0 spiro atoms. The van der Waals surface area contributed by atoms with E-state index in [1.807, 2.05) is 52.1 Å². The van der Waals surface area contributed by atoms with Gasteiger partial charge < -0.3 is 26.9 Å². The third-order valence-electron chi connectivity index (χ3n) is 3.73. The molecule has 1 heterocycles. The van der Waals surface area contributed by atoms with Crippen molar-refractivity contribution in [3.8, 4) is 11.5 Å². The van der Waals surface area contributed by atoms with Crippen molar-refractivity contribution in [1.82, 2.24) is 0 Å². The molecule has 1 aliphatic heterocycles. The number of fused-ring (bicyclic) bond motifs is 1. The molecule has 0 bridgehead atoms. The highest BCUT2D eigenvalue weighted by Gasteiger charge is 2.40. The summed E-state index contributed by atoms with van der Waals surface area (Å²) in [6, 6.07) is 6.48. The Balaban J connectivity index is 1.96. The molecule has 0 atom stereocenters. The molecule has 1 aliphatic rings. The summed E-state index contributed by atoms with van der Waals surface area (Å²) in [6.45, 7) is 12.7. The fourth-order valence-electron chi connectivity index (χ4n) is 2.70. The van der Waals surface area contributed by atoms with E-state index in [2.05, 4.69) is 0 Å². The van der Waals surface area contributed by atoms with E-state index in [0.717, 1.165) is 17.1 Å². The first-order valence-corrected chi connectivity index (χ1v) is 13.7. The summed E-state index contributed by atoms with van der Waals surface area (Å²) in [6.07, 6.45) is 0. The van der Waals surface area contributed by atoms with E-state index in [9.17, 15) is 0 Å². The highest BCUT2D eigenvalue weighted by atomic mass is 28.4. The lowest BCUT2D eigenvalue weighted by Crippen LogP contribution is -2.47.